The zero-order valence-electron chi connectivity index (χ0n) is 18.6. The summed E-state index contributed by atoms with van der Waals surface area (Å²) in [5.74, 6) is 3.08. The van der Waals surface area contributed by atoms with Crippen LogP contribution in [0.4, 0.5) is 0 Å². The fraction of sp³-hybridized carbons (Fsp3) is 0.958. The maximum absolute atomic E-state index is 13.7. The average Bonchev–Trinajstić information content (AvgIpc) is 2.47. The van der Waals surface area contributed by atoms with Gasteiger partial charge in [-0.3, -0.25) is 4.79 Å². The molecule has 0 radical (unpaired) electrons. The molecule has 4 rings (SSSR count). The third-order valence-electron chi connectivity index (χ3n) is 8.35. The van der Waals surface area contributed by atoms with Gasteiger partial charge in [0.1, 0.15) is 5.60 Å². The van der Waals surface area contributed by atoms with Crippen LogP contribution in [-0.4, -0.2) is 11.6 Å². The Morgan fingerprint density at radius 1 is 0.885 bits per heavy atom. The van der Waals surface area contributed by atoms with Gasteiger partial charge in [0, 0.05) is 0 Å². The van der Waals surface area contributed by atoms with Crippen molar-refractivity contribution in [2.75, 3.05) is 0 Å². The molecule has 0 saturated heterocycles. The van der Waals surface area contributed by atoms with Gasteiger partial charge in [0.25, 0.3) is 0 Å². The molecule has 0 aliphatic heterocycles. The van der Waals surface area contributed by atoms with Crippen molar-refractivity contribution >= 4 is 5.97 Å². The first-order valence-electron chi connectivity index (χ1n) is 11.0. The summed E-state index contributed by atoms with van der Waals surface area (Å²) in [7, 11) is 0. The molecular weight excluding hydrogens is 320 g/mol. The highest BCUT2D eigenvalue weighted by Gasteiger charge is 2.60. The van der Waals surface area contributed by atoms with E-state index in [9.17, 15) is 4.79 Å². The van der Waals surface area contributed by atoms with E-state index >= 15 is 0 Å². The van der Waals surface area contributed by atoms with E-state index in [-0.39, 0.29) is 22.4 Å². The zero-order valence-corrected chi connectivity index (χ0v) is 18.6. The van der Waals surface area contributed by atoms with E-state index in [1.165, 1.54) is 32.1 Å². The van der Waals surface area contributed by atoms with Crippen molar-refractivity contribution in [1.29, 1.82) is 0 Å². The Kier molecular flexibility index (Phi) is 4.85. The molecule has 0 aromatic carbocycles. The number of rotatable bonds is 4. The van der Waals surface area contributed by atoms with Crippen LogP contribution in [0, 0.1) is 39.9 Å². The third kappa shape index (κ3) is 3.24. The molecule has 2 heteroatoms. The Morgan fingerprint density at radius 2 is 1.35 bits per heavy atom. The van der Waals surface area contributed by atoms with Crippen molar-refractivity contribution in [1.82, 2.24) is 0 Å². The van der Waals surface area contributed by atoms with Crippen LogP contribution in [-0.2, 0) is 9.53 Å². The minimum Gasteiger partial charge on any atom is -0.458 e. The van der Waals surface area contributed by atoms with Gasteiger partial charge in [0.2, 0.25) is 0 Å². The number of carbonyl (C=O) groups excluding carboxylic acids is 1. The molecule has 1 atom stereocenters. The van der Waals surface area contributed by atoms with E-state index in [1.54, 1.807) is 0 Å². The molecule has 4 aliphatic rings. The SMILES string of the molecule is CCC1(OC(=O)C(C)(CC(C)(C)C)C(C)(C)C)C2CC3CC(C2)CC1C3. The Bertz CT molecular complexity index is 520. The van der Waals surface area contributed by atoms with Crippen LogP contribution < -0.4 is 0 Å². The molecule has 0 N–H and O–H groups in total. The van der Waals surface area contributed by atoms with Gasteiger partial charge in [-0.05, 0) is 86.4 Å². The Balaban J connectivity index is 1.88. The predicted octanol–water partition coefficient (Wildman–Crippen LogP) is 6.62. The molecule has 0 heterocycles. The monoisotopic (exact) mass is 362 g/mol. The van der Waals surface area contributed by atoms with E-state index in [0.29, 0.717) is 11.8 Å². The average molecular weight is 363 g/mol. The number of carbonyl (C=O) groups is 1. The van der Waals surface area contributed by atoms with Crippen LogP contribution >= 0.6 is 0 Å². The van der Waals surface area contributed by atoms with Gasteiger partial charge < -0.3 is 4.74 Å². The Morgan fingerprint density at radius 3 is 1.69 bits per heavy atom. The zero-order chi connectivity index (χ0) is 19.5. The highest BCUT2D eigenvalue weighted by Crippen LogP contribution is 2.61. The molecule has 0 aromatic heterocycles. The van der Waals surface area contributed by atoms with Gasteiger partial charge in [0.05, 0.1) is 5.41 Å². The quantitative estimate of drug-likeness (QED) is 0.525. The van der Waals surface area contributed by atoms with Gasteiger partial charge in [-0.15, -0.1) is 0 Å². The third-order valence-corrected chi connectivity index (χ3v) is 8.35. The molecule has 0 aromatic rings. The summed E-state index contributed by atoms with van der Waals surface area (Å²) in [4.78, 5) is 13.7. The van der Waals surface area contributed by atoms with E-state index in [4.69, 9.17) is 4.74 Å². The maximum Gasteiger partial charge on any atom is 0.312 e. The summed E-state index contributed by atoms with van der Waals surface area (Å²) < 4.78 is 6.66. The van der Waals surface area contributed by atoms with Crippen molar-refractivity contribution in [3.05, 3.63) is 0 Å². The molecular formula is C24H42O2. The summed E-state index contributed by atoms with van der Waals surface area (Å²) in [6, 6.07) is 0. The lowest BCUT2D eigenvalue weighted by atomic mass is 9.49. The van der Waals surface area contributed by atoms with E-state index in [2.05, 4.69) is 55.4 Å². The normalized spacial score (nSPS) is 38.9. The molecule has 4 aliphatic carbocycles. The highest BCUT2D eigenvalue weighted by atomic mass is 16.6. The van der Waals surface area contributed by atoms with Crippen LogP contribution in [0.1, 0.15) is 100 Å². The van der Waals surface area contributed by atoms with Crippen LogP contribution in [0.3, 0.4) is 0 Å². The van der Waals surface area contributed by atoms with E-state index < -0.39 is 5.41 Å². The second kappa shape index (κ2) is 6.24. The largest absolute Gasteiger partial charge is 0.458 e. The smallest absolute Gasteiger partial charge is 0.312 e. The second-order valence-corrected chi connectivity index (χ2v) is 12.3. The first kappa shape index (κ1) is 20.2. The van der Waals surface area contributed by atoms with Crippen molar-refractivity contribution in [3.8, 4) is 0 Å². The lowest BCUT2D eigenvalue weighted by molar-refractivity contribution is -0.225. The van der Waals surface area contributed by atoms with Crippen LogP contribution in [0.2, 0.25) is 0 Å². The first-order valence-corrected chi connectivity index (χ1v) is 11.0. The summed E-state index contributed by atoms with van der Waals surface area (Å²) >= 11 is 0. The summed E-state index contributed by atoms with van der Waals surface area (Å²) in [6.07, 6.45) is 8.45. The van der Waals surface area contributed by atoms with Crippen molar-refractivity contribution in [3.63, 3.8) is 0 Å². The fourth-order valence-corrected chi connectivity index (χ4v) is 6.79. The lowest BCUT2D eigenvalue weighted by Gasteiger charge is -2.61. The van der Waals surface area contributed by atoms with Crippen molar-refractivity contribution in [2.24, 2.45) is 39.9 Å². The van der Waals surface area contributed by atoms with Gasteiger partial charge in [-0.1, -0.05) is 48.5 Å². The number of esters is 1. The van der Waals surface area contributed by atoms with Gasteiger partial charge in [-0.2, -0.15) is 0 Å². The number of hydrogen-bond donors (Lipinski definition) is 0. The fourth-order valence-electron chi connectivity index (χ4n) is 6.79. The standard InChI is InChI=1S/C24H42O2/c1-9-24(18-11-16-10-17(13-18)14-19(24)12-16)26-20(25)23(8,22(5,6)7)15-21(2,3)4/h16-19H,9-15H2,1-8H3. The Labute approximate surface area is 161 Å². The molecule has 4 fully saturated rings. The summed E-state index contributed by atoms with van der Waals surface area (Å²) in [6.45, 7) is 17.7. The predicted molar refractivity (Wildman–Crippen MR) is 108 cm³/mol. The van der Waals surface area contributed by atoms with Gasteiger partial charge >= 0.3 is 5.97 Å². The van der Waals surface area contributed by atoms with Crippen LogP contribution in [0.15, 0.2) is 0 Å². The molecule has 26 heavy (non-hydrogen) atoms. The van der Waals surface area contributed by atoms with Gasteiger partial charge in [0.15, 0.2) is 0 Å². The van der Waals surface area contributed by atoms with Crippen LogP contribution in [0.25, 0.3) is 0 Å². The molecule has 2 nitrogen and oxygen atoms in total. The van der Waals surface area contributed by atoms with Gasteiger partial charge in [-0.25, -0.2) is 0 Å². The molecule has 150 valence electrons. The molecule has 1 unspecified atom stereocenters. The molecule has 4 saturated carbocycles. The molecule has 0 amide bonds. The molecule has 4 bridgehead atoms. The van der Waals surface area contributed by atoms with Crippen LogP contribution in [0.5, 0.6) is 0 Å². The highest BCUT2D eigenvalue weighted by molar-refractivity contribution is 5.78. The summed E-state index contributed by atoms with van der Waals surface area (Å²) in [5.41, 5.74) is -0.653. The minimum absolute atomic E-state index is 0.0641. The minimum atomic E-state index is -0.456. The topological polar surface area (TPSA) is 26.3 Å². The second-order valence-electron chi connectivity index (χ2n) is 12.3. The number of ether oxygens (including phenoxy) is 1. The van der Waals surface area contributed by atoms with E-state index in [1.807, 2.05) is 0 Å². The summed E-state index contributed by atoms with van der Waals surface area (Å²) in [5, 5.41) is 0. The Hall–Kier alpha value is -0.530. The molecule has 0 spiro atoms. The first-order chi connectivity index (χ1) is 11.8. The van der Waals surface area contributed by atoms with Crippen molar-refractivity contribution in [2.45, 2.75) is 106 Å². The number of hydrogen-bond acceptors (Lipinski definition) is 2. The van der Waals surface area contributed by atoms with Crippen molar-refractivity contribution < 1.29 is 9.53 Å². The maximum atomic E-state index is 13.7. The lowest BCUT2D eigenvalue weighted by Crippen LogP contribution is -2.61. The van der Waals surface area contributed by atoms with E-state index in [0.717, 1.165) is 24.7 Å².